The number of esters is 1. The summed E-state index contributed by atoms with van der Waals surface area (Å²) in [4.78, 5) is 11.1. The van der Waals surface area contributed by atoms with Crippen molar-refractivity contribution in [1.29, 1.82) is 0 Å². The van der Waals surface area contributed by atoms with E-state index in [0.29, 0.717) is 0 Å². The Hall–Kier alpha value is -1.13. The van der Waals surface area contributed by atoms with Crippen LogP contribution in [0, 0.1) is 0 Å². The summed E-state index contributed by atoms with van der Waals surface area (Å²) < 4.78 is 10.3. The minimum absolute atomic E-state index is 0.0288. The van der Waals surface area contributed by atoms with E-state index in [1.165, 1.54) is 12.2 Å². The van der Waals surface area contributed by atoms with Gasteiger partial charge in [-0.25, -0.2) is 4.79 Å². The van der Waals surface area contributed by atoms with Gasteiger partial charge in [0, 0.05) is 6.08 Å². The minimum Gasteiger partial charge on any atom is -0.457 e. The highest BCUT2D eigenvalue weighted by molar-refractivity contribution is 5.82. The number of carbonyl (C=O) groups excluding carboxylic acids is 1. The van der Waals surface area contributed by atoms with Crippen LogP contribution in [0.1, 0.15) is 6.92 Å². The summed E-state index contributed by atoms with van der Waals surface area (Å²) >= 11 is 0. The maximum atomic E-state index is 11.1. The van der Waals surface area contributed by atoms with E-state index in [1.807, 2.05) is 0 Å². The zero-order chi connectivity index (χ0) is 10.1. The molecule has 1 N–H and O–H groups in total. The molecule has 0 aromatic heterocycles. The molecular formula is C10H12O4. The van der Waals surface area contributed by atoms with Gasteiger partial charge in [0.25, 0.3) is 0 Å². The third kappa shape index (κ3) is 2.02. The number of carbonyl (C=O) groups is 1. The lowest BCUT2D eigenvalue weighted by Crippen LogP contribution is -2.21. The summed E-state index contributed by atoms with van der Waals surface area (Å²) in [5, 5.41) is 9.31. The Labute approximate surface area is 81.8 Å². The Balaban J connectivity index is 2.11. The van der Waals surface area contributed by atoms with Crippen LogP contribution in [0.4, 0.5) is 0 Å². The van der Waals surface area contributed by atoms with Crippen LogP contribution in [0.15, 0.2) is 24.3 Å². The number of cyclic esters (lactones) is 1. The number of rotatable bonds is 0. The molecule has 0 spiro atoms. The average molecular weight is 196 g/mol. The van der Waals surface area contributed by atoms with E-state index in [1.54, 1.807) is 19.1 Å². The molecule has 2 aliphatic rings. The molecule has 76 valence electrons. The van der Waals surface area contributed by atoms with Gasteiger partial charge in [-0.2, -0.15) is 0 Å². The molecule has 0 amide bonds. The maximum absolute atomic E-state index is 11.1. The Kier molecular flexibility index (Phi) is 2.39. The Bertz CT molecular complexity index is 294. The van der Waals surface area contributed by atoms with Gasteiger partial charge in [0.1, 0.15) is 18.3 Å². The van der Waals surface area contributed by atoms with Gasteiger partial charge < -0.3 is 14.6 Å². The predicted octanol–water partition coefficient (Wildman–Crippen LogP) is 0.172. The van der Waals surface area contributed by atoms with Crippen molar-refractivity contribution in [2.75, 3.05) is 0 Å². The van der Waals surface area contributed by atoms with E-state index in [0.717, 1.165) is 0 Å². The molecule has 0 aromatic carbocycles. The van der Waals surface area contributed by atoms with Crippen molar-refractivity contribution >= 4 is 5.97 Å². The highest BCUT2D eigenvalue weighted by atomic mass is 16.6. The zero-order valence-corrected chi connectivity index (χ0v) is 7.79. The van der Waals surface area contributed by atoms with Crippen LogP contribution in [0.5, 0.6) is 0 Å². The highest BCUT2D eigenvalue weighted by Crippen LogP contribution is 2.28. The summed E-state index contributed by atoms with van der Waals surface area (Å²) in [6.45, 7) is 1.79. The summed E-state index contributed by atoms with van der Waals surface area (Å²) in [6, 6.07) is 0. The van der Waals surface area contributed by atoms with Gasteiger partial charge in [-0.1, -0.05) is 12.2 Å². The lowest BCUT2D eigenvalue weighted by atomic mass is 10.2. The zero-order valence-electron chi connectivity index (χ0n) is 7.79. The standard InChI is InChI=1S/C10H12O4/c1-6-10-8(14-10)4-2-7(11)3-5-9(12)13-6/h2-8,10-11H,1H3/t6-,7-,8-,10+/m1/s1. The number of hydrogen-bond donors (Lipinski definition) is 1. The fraction of sp³-hybridized carbons (Fsp3) is 0.500. The van der Waals surface area contributed by atoms with Crippen molar-refractivity contribution in [2.45, 2.75) is 31.3 Å². The molecule has 0 unspecified atom stereocenters. The van der Waals surface area contributed by atoms with E-state index in [4.69, 9.17) is 9.47 Å². The number of aliphatic hydroxyl groups excluding tert-OH is 1. The molecule has 0 aliphatic carbocycles. The number of fused-ring (bicyclic) bond motifs is 1. The molecule has 2 rings (SSSR count). The quantitative estimate of drug-likeness (QED) is 0.341. The molecule has 0 bridgehead atoms. The normalized spacial score (nSPS) is 41.4. The van der Waals surface area contributed by atoms with Crippen molar-refractivity contribution in [1.82, 2.24) is 0 Å². The first-order valence-electron chi connectivity index (χ1n) is 4.57. The summed E-state index contributed by atoms with van der Waals surface area (Å²) in [7, 11) is 0. The third-order valence-electron chi connectivity index (χ3n) is 2.25. The van der Waals surface area contributed by atoms with Crippen LogP contribution in [-0.2, 0) is 14.3 Å². The monoisotopic (exact) mass is 196 g/mol. The van der Waals surface area contributed by atoms with Gasteiger partial charge in [-0.05, 0) is 13.0 Å². The van der Waals surface area contributed by atoms with Gasteiger partial charge in [0.15, 0.2) is 0 Å². The van der Waals surface area contributed by atoms with Crippen LogP contribution < -0.4 is 0 Å². The van der Waals surface area contributed by atoms with Crippen molar-refractivity contribution in [2.24, 2.45) is 0 Å². The molecule has 0 radical (unpaired) electrons. The maximum Gasteiger partial charge on any atom is 0.330 e. The lowest BCUT2D eigenvalue weighted by molar-refractivity contribution is -0.143. The SMILES string of the molecule is C[C@H]1OC(=O)C=C[C@H](O)C=C[C@H]2O[C@@H]12. The smallest absolute Gasteiger partial charge is 0.330 e. The van der Waals surface area contributed by atoms with Crippen molar-refractivity contribution < 1.29 is 19.4 Å². The largest absolute Gasteiger partial charge is 0.457 e. The van der Waals surface area contributed by atoms with E-state index < -0.39 is 12.1 Å². The first-order chi connectivity index (χ1) is 6.66. The minimum atomic E-state index is -0.749. The second kappa shape index (κ2) is 3.55. The molecule has 4 atom stereocenters. The lowest BCUT2D eigenvalue weighted by Gasteiger charge is -2.09. The highest BCUT2D eigenvalue weighted by Gasteiger charge is 2.43. The first-order valence-corrected chi connectivity index (χ1v) is 4.57. The van der Waals surface area contributed by atoms with E-state index in [9.17, 15) is 9.90 Å². The van der Waals surface area contributed by atoms with Gasteiger partial charge in [-0.3, -0.25) is 0 Å². The molecule has 2 aliphatic heterocycles. The second-order valence-electron chi connectivity index (χ2n) is 3.44. The topological polar surface area (TPSA) is 59.1 Å². The Morgan fingerprint density at radius 3 is 2.93 bits per heavy atom. The van der Waals surface area contributed by atoms with Crippen LogP contribution in [0.25, 0.3) is 0 Å². The summed E-state index contributed by atoms with van der Waals surface area (Å²) in [5.41, 5.74) is 0. The van der Waals surface area contributed by atoms with E-state index in [-0.39, 0.29) is 18.3 Å². The fourth-order valence-corrected chi connectivity index (χ4v) is 1.42. The van der Waals surface area contributed by atoms with Crippen LogP contribution >= 0.6 is 0 Å². The molecular weight excluding hydrogens is 184 g/mol. The van der Waals surface area contributed by atoms with Gasteiger partial charge in [-0.15, -0.1) is 0 Å². The second-order valence-corrected chi connectivity index (χ2v) is 3.44. The number of ether oxygens (including phenoxy) is 2. The van der Waals surface area contributed by atoms with E-state index in [2.05, 4.69) is 0 Å². The van der Waals surface area contributed by atoms with Crippen LogP contribution in [0.2, 0.25) is 0 Å². The van der Waals surface area contributed by atoms with E-state index >= 15 is 0 Å². The van der Waals surface area contributed by atoms with Crippen molar-refractivity contribution in [3.63, 3.8) is 0 Å². The molecule has 1 fully saturated rings. The average Bonchev–Trinajstić information content (AvgIpc) is 2.89. The molecule has 4 heteroatoms. The number of aliphatic hydroxyl groups is 1. The Morgan fingerprint density at radius 2 is 2.14 bits per heavy atom. The molecule has 0 saturated carbocycles. The predicted molar refractivity (Wildman–Crippen MR) is 48.5 cm³/mol. The number of hydrogen-bond acceptors (Lipinski definition) is 4. The molecule has 0 aromatic rings. The molecule has 2 heterocycles. The Morgan fingerprint density at radius 1 is 1.36 bits per heavy atom. The van der Waals surface area contributed by atoms with Crippen molar-refractivity contribution in [3.05, 3.63) is 24.3 Å². The molecule has 4 nitrogen and oxygen atoms in total. The molecule has 14 heavy (non-hydrogen) atoms. The van der Waals surface area contributed by atoms with Gasteiger partial charge in [0.05, 0.1) is 6.10 Å². The van der Waals surface area contributed by atoms with Crippen molar-refractivity contribution in [3.8, 4) is 0 Å². The van der Waals surface area contributed by atoms with Crippen LogP contribution in [0.3, 0.4) is 0 Å². The first kappa shape index (κ1) is 9.43. The summed E-state index contributed by atoms with van der Waals surface area (Å²) in [5.74, 6) is -0.443. The van der Waals surface area contributed by atoms with Gasteiger partial charge >= 0.3 is 5.97 Å². The third-order valence-corrected chi connectivity index (χ3v) is 2.25. The summed E-state index contributed by atoms with van der Waals surface area (Å²) in [6.07, 6.45) is 4.93. The number of epoxide rings is 1. The fourth-order valence-electron chi connectivity index (χ4n) is 1.42. The van der Waals surface area contributed by atoms with Gasteiger partial charge in [0.2, 0.25) is 0 Å². The van der Waals surface area contributed by atoms with Crippen LogP contribution in [-0.4, -0.2) is 35.5 Å². The molecule has 1 saturated heterocycles.